The number of carboxylic acid groups (broad SMARTS) is 1. The van der Waals surface area contributed by atoms with Crippen molar-refractivity contribution >= 4 is 5.97 Å². The number of nitrogens with one attached hydrogen (secondary N) is 1. The standard InChI is InChI=1S/C14H28N2O2/c1-4-8-14(3,5-2)16-9-6-12(7-10-16)15-11-13(17)18/h12,15H,4-11H2,1-3H3,(H,17,18). The topological polar surface area (TPSA) is 52.6 Å². The summed E-state index contributed by atoms with van der Waals surface area (Å²) in [5.74, 6) is -0.762. The zero-order chi connectivity index (χ0) is 13.6. The Kier molecular flexibility index (Phi) is 6.09. The van der Waals surface area contributed by atoms with Gasteiger partial charge in [0.05, 0.1) is 6.54 Å². The first kappa shape index (κ1) is 15.4. The minimum Gasteiger partial charge on any atom is -0.480 e. The third-order valence-electron chi connectivity index (χ3n) is 4.35. The Morgan fingerprint density at radius 3 is 2.44 bits per heavy atom. The molecule has 0 radical (unpaired) electrons. The maximum absolute atomic E-state index is 10.5. The molecule has 0 saturated carbocycles. The molecular weight excluding hydrogens is 228 g/mol. The quantitative estimate of drug-likeness (QED) is 0.732. The molecule has 4 heteroatoms. The van der Waals surface area contributed by atoms with Crippen LogP contribution in [0.4, 0.5) is 0 Å². The van der Waals surface area contributed by atoms with Crippen LogP contribution in [-0.4, -0.2) is 47.2 Å². The molecule has 1 heterocycles. The Bertz CT molecular complexity index is 263. The minimum absolute atomic E-state index is 0.0880. The second kappa shape index (κ2) is 7.10. The highest BCUT2D eigenvalue weighted by atomic mass is 16.4. The summed E-state index contributed by atoms with van der Waals surface area (Å²) >= 11 is 0. The number of carboxylic acids is 1. The molecule has 1 saturated heterocycles. The van der Waals surface area contributed by atoms with Crippen LogP contribution in [0, 0.1) is 0 Å². The van der Waals surface area contributed by atoms with Gasteiger partial charge in [0.1, 0.15) is 0 Å². The van der Waals surface area contributed by atoms with Gasteiger partial charge in [0, 0.05) is 24.7 Å². The maximum atomic E-state index is 10.5. The lowest BCUT2D eigenvalue weighted by Crippen LogP contribution is -2.52. The van der Waals surface area contributed by atoms with Crippen molar-refractivity contribution in [2.45, 2.75) is 64.5 Å². The van der Waals surface area contributed by atoms with E-state index >= 15 is 0 Å². The van der Waals surface area contributed by atoms with Crippen molar-refractivity contribution in [1.82, 2.24) is 10.2 Å². The fourth-order valence-corrected chi connectivity index (χ4v) is 2.95. The van der Waals surface area contributed by atoms with Gasteiger partial charge in [-0.25, -0.2) is 0 Å². The molecule has 0 amide bonds. The smallest absolute Gasteiger partial charge is 0.317 e. The first-order chi connectivity index (χ1) is 8.51. The molecular formula is C14H28N2O2. The molecule has 0 bridgehead atoms. The molecule has 0 aromatic rings. The average molecular weight is 256 g/mol. The van der Waals surface area contributed by atoms with Crippen LogP contribution in [0.15, 0.2) is 0 Å². The number of likely N-dealkylation sites (tertiary alicyclic amines) is 1. The van der Waals surface area contributed by atoms with Crippen molar-refractivity contribution < 1.29 is 9.90 Å². The van der Waals surface area contributed by atoms with Gasteiger partial charge in [0.2, 0.25) is 0 Å². The number of carbonyl (C=O) groups is 1. The predicted octanol–water partition coefficient (Wildman–Crippen LogP) is 2.09. The van der Waals surface area contributed by atoms with E-state index in [0.717, 1.165) is 25.9 Å². The highest BCUT2D eigenvalue weighted by molar-refractivity contribution is 5.69. The highest BCUT2D eigenvalue weighted by Crippen LogP contribution is 2.28. The molecule has 1 fully saturated rings. The summed E-state index contributed by atoms with van der Waals surface area (Å²) in [6.45, 7) is 9.13. The minimum atomic E-state index is -0.762. The number of nitrogens with zero attached hydrogens (tertiary/aromatic N) is 1. The first-order valence-corrected chi connectivity index (χ1v) is 7.22. The fraction of sp³-hybridized carbons (Fsp3) is 0.929. The predicted molar refractivity (Wildman–Crippen MR) is 73.8 cm³/mol. The Morgan fingerprint density at radius 2 is 2.00 bits per heavy atom. The van der Waals surface area contributed by atoms with E-state index in [1.54, 1.807) is 0 Å². The zero-order valence-electron chi connectivity index (χ0n) is 12.0. The van der Waals surface area contributed by atoms with Crippen LogP contribution in [-0.2, 0) is 4.79 Å². The van der Waals surface area contributed by atoms with E-state index in [1.807, 2.05) is 0 Å². The van der Waals surface area contributed by atoms with Gasteiger partial charge >= 0.3 is 5.97 Å². The van der Waals surface area contributed by atoms with Crippen LogP contribution in [0.1, 0.15) is 52.9 Å². The molecule has 1 atom stereocenters. The maximum Gasteiger partial charge on any atom is 0.317 e. The highest BCUT2D eigenvalue weighted by Gasteiger charge is 2.32. The van der Waals surface area contributed by atoms with E-state index in [-0.39, 0.29) is 6.54 Å². The lowest BCUT2D eigenvalue weighted by Gasteiger charge is -2.45. The van der Waals surface area contributed by atoms with E-state index in [2.05, 4.69) is 31.0 Å². The molecule has 1 rings (SSSR count). The van der Waals surface area contributed by atoms with Gasteiger partial charge in [0.25, 0.3) is 0 Å². The van der Waals surface area contributed by atoms with Gasteiger partial charge in [-0.3, -0.25) is 9.69 Å². The molecule has 106 valence electrons. The van der Waals surface area contributed by atoms with E-state index in [9.17, 15) is 4.79 Å². The van der Waals surface area contributed by atoms with Gasteiger partial charge in [-0.1, -0.05) is 20.3 Å². The second-order valence-corrected chi connectivity index (χ2v) is 5.64. The van der Waals surface area contributed by atoms with Crippen molar-refractivity contribution in [3.05, 3.63) is 0 Å². The van der Waals surface area contributed by atoms with E-state index in [0.29, 0.717) is 11.6 Å². The number of rotatable bonds is 7. The molecule has 0 aliphatic carbocycles. The molecule has 18 heavy (non-hydrogen) atoms. The normalized spacial score (nSPS) is 21.7. The van der Waals surface area contributed by atoms with Gasteiger partial charge in [-0.15, -0.1) is 0 Å². The molecule has 1 aliphatic rings. The van der Waals surface area contributed by atoms with Gasteiger partial charge < -0.3 is 10.4 Å². The van der Waals surface area contributed by atoms with E-state index in [4.69, 9.17) is 5.11 Å². The largest absolute Gasteiger partial charge is 0.480 e. The Hall–Kier alpha value is -0.610. The molecule has 1 unspecified atom stereocenters. The van der Waals surface area contributed by atoms with Crippen LogP contribution in [0.3, 0.4) is 0 Å². The first-order valence-electron chi connectivity index (χ1n) is 7.22. The molecule has 0 aromatic heterocycles. The fourth-order valence-electron chi connectivity index (χ4n) is 2.95. The van der Waals surface area contributed by atoms with Crippen LogP contribution in [0.2, 0.25) is 0 Å². The SMILES string of the molecule is CCCC(C)(CC)N1CCC(NCC(=O)O)CC1. The number of hydrogen-bond acceptors (Lipinski definition) is 3. The van der Waals surface area contributed by atoms with Crippen LogP contribution in [0.5, 0.6) is 0 Å². The summed E-state index contributed by atoms with van der Waals surface area (Å²) in [5, 5.41) is 11.8. The number of piperidine rings is 1. The van der Waals surface area contributed by atoms with Gasteiger partial charge in [0.15, 0.2) is 0 Å². The van der Waals surface area contributed by atoms with Crippen molar-refractivity contribution in [1.29, 1.82) is 0 Å². The van der Waals surface area contributed by atoms with E-state index in [1.165, 1.54) is 19.3 Å². The van der Waals surface area contributed by atoms with Crippen LogP contribution in [0.25, 0.3) is 0 Å². The van der Waals surface area contributed by atoms with Crippen LogP contribution < -0.4 is 5.32 Å². The van der Waals surface area contributed by atoms with Crippen molar-refractivity contribution in [3.63, 3.8) is 0 Å². The zero-order valence-corrected chi connectivity index (χ0v) is 12.0. The average Bonchev–Trinajstić information content (AvgIpc) is 2.37. The summed E-state index contributed by atoms with van der Waals surface area (Å²) in [6, 6.07) is 0.375. The molecule has 4 nitrogen and oxygen atoms in total. The third kappa shape index (κ3) is 4.25. The van der Waals surface area contributed by atoms with Crippen molar-refractivity contribution in [3.8, 4) is 0 Å². The Morgan fingerprint density at radius 1 is 1.39 bits per heavy atom. The van der Waals surface area contributed by atoms with Gasteiger partial charge in [-0.2, -0.15) is 0 Å². The Labute approximate surface area is 111 Å². The number of aliphatic carboxylic acids is 1. The van der Waals surface area contributed by atoms with Gasteiger partial charge in [-0.05, 0) is 32.6 Å². The summed E-state index contributed by atoms with van der Waals surface area (Å²) in [4.78, 5) is 13.1. The molecule has 1 aliphatic heterocycles. The summed E-state index contributed by atoms with van der Waals surface area (Å²) in [5.41, 5.74) is 0.326. The number of hydrogen-bond donors (Lipinski definition) is 2. The summed E-state index contributed by atoms with van der Waals surface area (Å²) in [7, 11) is 0. The summed E-state index contributed by atoms with van der Waals surface area (Å²) in [6.07, 6.45) is 5.78. The van der Waals surface area contributed by atoms with Crippen LogP contribution >= 0.6 is 0 Å². The second-order valence-electron chi connectivity index (χ2n) is 5.64. The lowest BCUT2D eigenvalue weighted by atomic mass is 9.88. The van der Waals surface area contributed by atoms with E-state index < -0.39 is 5.97 Å². The third-order valence-corrected chi connectivity index (χ3v) is 4.35. The lowest BCUT2D eigenvalue weighted by molar-refractivity contribution is -0.136. The monoisotopic (exact) mass is 256 g/mol. The molecule has 0 aromatic carbocycles. The Balaban J connectivity index is 2.40. The molecule has 0 spiro atoms. The van der Waals surface area contributed by atoms with Crippen molar-refractivity contribution in [2.24, 2.45) is 0 Å². The summed E-state index contributed by atoms with van der Waals surface area (Å²) < 4.78 is 0. The molecule has 2 N–H and O–H groups in total. The van der Waals surface area contributed by atoms with Crippen molar-refractivity contribution in [2.75, 3.05) is 19.6 Å².